The molecule has 1 aromatic heterocycles. The second-order valence-corrected chi connectivity index (χ2v) is 7.95. The molecule has 4 rings (SSSR count). The van der Waals surface area contributed by atoms with Gasteiger partial charge in [0.2, 0.25) is 11.8 Å². The number of likely N-dealkylation sites (tertiary alicyclic amines) is 1. The Morgan fingerprint density at radius 3 is 2.77 bits per heavy atom. The third-order valence-electron chi connectivity index (χ3n) is 5.70. The van der Waals surface area contributed by atoms with Crippen LogP contribution in [0, 0.1) is 5.92 Å². The quantitative estimate of drug-likeness (QED) is 0.603. The monoisotopic (exact) mass is 406 g/mol. The molecule has 1 saturated heterocycles. The zero-order valence-corrected chi connectivity index (χ0v) is 17.2. The van der Waals surface area contributed by atoms with Gasteiger partial charge in [0.1, 0.15) is 11.0 Å². The first kappa shape index (κ1) is 20.1. The van der Waals surface area contributed by atoms with Crippen molar-refractivity contribution in [3.63, 3.8) is 0 Å². The highest BCUT2D eigenvalue weighted by Crippen LogP contribution is 2.21. The fraction of sp³-hybridized carbons (Fsp3) is 0.391. The highest BCUT2D eigenvalue weighted by Gasteiger charge is 2.31. The van der Waals surface area contributed by atoms with Gasteiger partial charge in [-0.1, -0.05) is 36.4 Å². The smallest absolute Gasteiger partial charge is 0.227 e. The molecule has 0 aliphatic carbocycles. The van der Waals surface area contributed by atoms with Gasteiger partial charge in [0.25, 0.3) is 0 Å². The van der Waals surface area contributed by atoms with Crippen LogP contribution in [0.1, 0.15) is 30.4 Å². The van der Waals surface area contributed by atoms with Gasteiger partial charge >= 0.3 is 0 Å². The number of benzene rings is 2. The van der Waals surface area contributed by atoms with Gasteiger partial charge in [-0.3, -0.25) is 9.59 Å². The maximum absolute atomic E-state index is 13.0. The third kappa shape index (κ3) is 4.67. The molecule has 1 unspecified atom stereocenters. The molecular formula is C23H26N4O3. The molecule has 7 nitrogen and oxygen atoms in total. The Balaban J connectivity index is 1.31. The van der Waals surface area contributed by atoms with E-state index in [0.29, 0.717) is 43.5 Å². The average Bonchev–Trinajstić information content (AvgIpc) is 3.23. The van der Waals surface area contributed by atoms with Crippen LogP contribution in [-0.4, -0.2) is 52.1 Å². The zero-order chi connectivity index (χ0) is 20.9. The molecule has 3 aromatic rings. The standard InChI is InChI=1S/C23H26N4O3/c1-26(15-18-9-11-20-21(14-18)25-30-24-20)23(29)19-10-12-22(28)27(16-19)13-5-8-17-6-3-2-4-7-17/h2-4,6-7,9,11,14,19H,5,8,10,12-13,15-16H2,1H3. The highest BCUT2D eigenvalue weighted by molar-refractivity contribution is 5.84. The number of rotatable bonds is 7. The Morgan fingerprint density at radius 1 is 1.13 bits per heavy atom. The SMILES string of the molecule is CN(Cc1ccc2nonc2c1)C(=O)C1CCC(=O)N(CCCc2ccccc2)C1. The molecule has 2 heterocycles. The number of hydrogen-bond donors (Lipinski definition) is 0. The van der Waals surface area contributed by atoms with Crippen molar-refractivity contribution >= 4 is 22.8 Å². The summed E-state index contributed by atoms with van der Waals surface area (Å²) in [5.41, 5.74) is 3.63. The summed E-state index contributed by atoms with van der Waals surface area (Å²) in [5.74, 6) is 0.0783. The van der Waals surface area contributed by atoms with E-state index in [2.05, 4.69) is 22.4 Å². The number of carbonyl (C=O) groups excluding carboxylic acids is 2. The first-order valence-corrected chi connectivity index (χ1v) is 10.4. The fourth-order valence-electron chi connectivity index (χ4n) is 4.04. The van der Waals surface area contributed by atoms with Gasteiger partial charge in [0.15, 0.2) is 0 Å². The molecular weight excluding hydrogens is 380 g/mol. The second-order valence-electron chi connectivity index (χ2n) is 7.95. The zero-order valence-electron chi connectivity index (χ0n) is 17.2. The van der Waals surface area contributed by atoms with Crippen LogP contribution in [0.25, 0.3) is 11.0 Å². The van der Waals surface area contributed by atoms with Crippen molar-refractivity contribution in [2.24, 2.45) is 5.92 Å². The lowest BCUT2D eigenvalue weighted by molar-refractivity contribution is -0.142. The number of aromatic nitrogens is 2. The molecule has 1 aliphatic rings. The van der Waals surface area contributed by atoms with Crippen molar-refractivity contribution < 1.29 is 14.2 Å². The van der Waals surface area contributed by atoms with E-state index >= 15 is 0 Å². The number of amides is 2. The molecule has 1 aliphatic heterocycles. The molecule has 2 aromatic carbocycles. The van der Waals surface area contributed by atoms with Crippen LogP contribution < -0.4 is 0 Å². The van der Waals surface area contributed by atoms with E-state index in [0.717, 1.165) is 18.4 Å². The van der Waals surface area contributed by atoms with Crippen LogP contribution >= 0.6 is 0 Å². The molecule has 2 amide bonds. The molecule has 30 heavy (non-hydrogen) atoms. The maximum atomic E-state index is 13.0. The van der Waals surface area contributed by atoms with Gasteiger partial charge in [-0.15, -0.1) is 0 Å². The summed E-state index contributed by atoms with van der Waals surface area (Å²) >= 11 is 0. The minimum Gasteiger partial charge on any atom is -0.342 e. The van der Waals surface area contributed by atoms with E-state index in [1.807, 2.05) is 48.3 Å². The topological polar surface area (TPSA) is 79.5 Å². The highest BCUT2D eigenvalue weighted by atomic mass is 16.6. The lowest BCUT2D eigenvalue weighted by Crippen LogP contribution is -2.46. The van der Waals surface area contributed by atoms with Crippen molar-refractivity contribution in [2.75, 3.05) is 20.1 Å². The number of nitrogens with zero attached hydrogens (tertiary/aromatic N) is 4. The van der Waals surface area contributed by atoms with Crippen molar-refractivity contribution in [3.8, 4) is 0 Å². The van der Waals surface area contributed by atoms with E-state index in [1.54, 1.807) is 4.90 Å². The summed E-state index contributed by atoms with van der Waals surface area (Å²) < 4.78 is 4.73. The summed E-state index contributed by atoms with van der Waals surface area (Å²) in [6, 6.07) is 15.9. The Labute approximate surface area is 175 Å². The van der Waals surface area contributed by atoms with Crippen LogP contribution in [0.4, 0.5) is 0 Å². The minimum absolute atomic E-state index is 0.0777. The van der Waals surface area contributed by atoms with Crippen LogP contribution in [-0.2, 0) is 22.6 Å². The number of hydrogen-bond acceptors (Lipinski definition) is 5. The third-order valence-corrected chi connectivity index (χ3v) is 5.70. The van der Waals surface area contributed by atoms with Crippen molar-refractivity contribution in [1.29, 1.82) is 0 Å². The molecule has 0 bridgehead atoms. The maximum Gasteiger partial charge on any atom is 0.227 e. The lowest BCUT2D eigenvalue weighted by Gasteiger charge is -2.34. The molecule has 1 atom stereocenters. The molecule has 156 valence electrons. The predicted octanol–water partition coefficient (Wildman–Crippen LogP) is 3.05. The molecule has 0 saturated carbocycles. The lowest BCUT2D eigenvalue weighted by atomic mass is 9.95. The van der Waals surface area contributed by atoms with E-state index < -0.39 is 0 Å². The van der Waals surface area contributed by atoms with Crippen molar-refractivity contribution in [1.82, 2.24) is 20.1 Å². The summed E-state index contributed by atoms with van der Waals surface area (Å²) in [6.45, 7) is 1.68. The first-order valence-electron chi connectivity index (χ1n) is 10.4. The largest absolute Gasteiger partial charge is 0.342 e. The molecule has 0 N–H and O–H groups in total. The minimum atomic E-state index is -0.151. The fourth-order valence-corrected chi connectivity index (χ4v) is 4.04. The predicted molar refractivity (Wildman–Crippen MR) is 112 cm³/mol. The summed E-state index contributed by atoms with van der Waals surface area (Å²) in [6.07, 6.45) is 2.89. The normalized spacial score (nSPS) is 16.8. The second kappa shape index (κ2) is 9.07. The number of carbonyl (C=O) groups is 2. The molecule has 1 fully saturated rings. The van der Waals surface area contributed by atoms with Gasteiger partial charge in [-0.05, 0) is 52.8 Å². The first-order chi connectivity index (χ1) is 14.6. The van der Waals surface area contributed by atoms with Gasteiger partial charge < -0.3 is 9.80 Å². The number of aryl methyl sites for hydroxylation is 1. The van der Waals surface area contributed by atoms with Crippen LogP contribution in [0.3, 0.4) is 0 Å². The van der Waals surface area contributed by atoms with Gasteiger partial charge in [0, 0.05) is 33.1 Å². The van der Waals surface area contributed by atoms with Gasteiger partial charge in [0.05, 0.1) is 5.92 Å². The van der Waals surface area contributed by atoms with E-state index in [-0.39, 0.29) is 17.7 Å². The molecule has 0 spiro atoms. The summed E-state index contributed by atoms with van der Waals surface area (Å²) in [7, 11) is 1.81. The van der Waals surface area contributed by atoms with Crippen LogP contribution in [0.15, 0.2) is 53.2 Å². The molecule has 7 heteroatoms. The molecule has 0 radical (unpaired) electrons. The number of piperidine rings is 1. The van der Waals surface area contributed by atoms with Gasteiger partial charge in [-0.25, -0.2) is 4.63 Å². The Bertz CT molecular complexity index is 1020. The number of fused-ring (bicyclic) bond motifs is 1. The van der Waals surface area contributed by atoms with Crippen molar-refractivity contribution in [3.05, 3.63) is 59.7 Å². The summed E-state index contributed by atoms with van der Waals surface area (Å²) in [5, 5.41) is 7.66. The van der Waals surface area contributed by atoms with Crippen LogP contribution in [0.2, 0.25) is 0 Å². The Kier molecular flexibility index (Phi) is 6.07. The van der Waals surface area contributed by atoms with Gasteiger partial charge in [-0.2, -0.15) is 0 Å². The average molecular weight is 406 g/mol. The van der Waals surface area contributed by atoms with Crippen molar-refractivity contribution in [2.45, 2.75) is 32.2 Å². The Hall–Kier alpha value is -3.22. The van der Waals surface area contributed by atoms with E-state index in [9.17, 15) is 9.59 Å². The Morgan fingerprint density at radius 2 is 1.93 bits per heavy atom. The van der Waals surface area contributed by atoms with Crippen LogP contribution in [0.5, 0.6) is 0 Å². The summed E-state index contributed by atoms with van der Waals surface area (Å²) in [4.78, 5) is 28.9. The van der Waals surface area contributed by atoms with E-state index in [4.69, 9.17) is 4.63 Å². The van der Waals surface area contributed by atoms with E-state index in [1.165, 1.54) is 5.56 Å².